The Morgan fingerprint density at radius 1 is 1.59 bits per heavy atom. The van der Waals surface area contributed by atoms with Crippen LogP contribution >= 0.6 is 0 Å². The molecule has 1 aliphatic heterocycles. The van der Waals surface area contributed by atoms with Crippen molar-refractivity contribution in [2.75, 3.05) is 0 Å². The second kappa shape index (κ2) is 4.42. The van der Waals surface area contributed by atoms with Crippen LogP contribution in [0, 0.1) is 0 Å². The highest BCUT2D eigenvalue weighted by molar-refractivity contribution is 4.92. The number of hydrogen-bond donors (Lipinski definition) is 2. The summed E-state index contributed by atoms with van der Waals surface area (Å²) >= 11 is 0. The molecule has 4 atom stereocenters. The number of ether oxygens (including phenoxy) is 1. The van der Waals surface area contributed by atoms with Gasteiger partial charge in [-0.2, -0.15) is 0 Å². The maximum absolute atomic E-state index is 13.6. The van der Waals surface area contributed by atoms with Crippen molar-refractivity contribution in [2.24, 2.45) is 0 Å². The Balaban J connectivity index is 2.35. The molecular weight excluding hydrogens is 231 g/mol. The van der Waals surface area contributed by atoms with E-state index in [9.17, 15) is 19.1 Å². The molecule has 0 aliphatic carbocycles. The number of aliphatic hydroxyl groups excluding tert-OH is 1. The molecule has 0 spiro atoms. The van der Waals surface area contributed by atoms with E-state index in [1.54, 1.807) is 6.92 Å². The third kappa shape index (κ3) is 2.03. The number of alkyl halides is 1. The summed E-state index contributed by atoms with van der Waals surface area (Å²) in [6.45, 7) is 1.72. The van der Waals surface area contributed by atoms with Gasteiger partial charge in [0.05, 0.1) is 6.10 Å². The van der Waals surface area contributed by atoms with E-state index in [0.29, 0.717) is 6.42 Å². The van der Waals surface area contributed by atoms with Crippen molar-refractivity contribution in [1.82, 2.24) is 9.55 Å². The molecular formula is C10H13FN2O4. The Labute approximate surface area is 95.7 Å². The van der Waals surface area contributed by atoms with Crippen LogP contribution in [0.5, 0.6) is 0 Å². The van der Waals surface area contributed by atoms with Crippen molar-refractivity contribution in [2.45, 2.75) is 38.0 Å². The molecule has 1 fully saturated rings. The first kappa shape index (κ1) is 12.0. The maximum Gasteiger partial charge on any atom is 0.330 e. The predicted octanol–water partition coefficient (Wildman–Crippen LogP) is -0.457. The molecule has 17 heavy (non-hydrogen) atoms. The summed E-state index contributed by atoms with van der Waals surface area (Å²) in [7, 11) is 0. The first-order valence-corrected chi connectivity index (χ1v) is 5.33. The fourth-order valence-electron chi connectivity index (χ4n) is 1.89. The Kier molecular flexibility index (Phi) is 3.12. The second-order valence-electron chi connectivity index (χ2n) is 3.93. The van der Waals surface area contributed by atoms with Crippen LogP contribution < -0.4 is 11.2 Å². The summed E-state index contributed by atoms with van der Waals surface area (Å²) in [5.74, 6) is 0. The summed E-state index contributed by atoms with van der Waals surface area (Å²) in [5, 5.41) is 9.65. The summed E-state index contributed by atoms with van der Waals surface area (Å²) in [6.07, 6.45) is -3.22. The first-order valence-electron chi connectivity index (χ1n) is 5.33. The lowest BCUT2D eigenvalue weighted by Gasteiger charge is -2.16. The summed E-state index contributed by atoms with van der Waals surface area (Å²) in [6, 6.07) is 1.12. The van der Waals surface area contributed by atoms with Crippen LogP contribution in [0.15, 0.2) is 21.9 Å². The van der Waals surface area contributed by atoms with Gasteiger partial charge in [0.15, 0.2) is 12.4 Å². The summed E-state index contributed by atoms with van der Waals surface area (Å²) in [5.41, 5.74) is -1.28. The van der Waals surface area contributed by atoms with Crippen molar-refractivity contribution >= 4 is 0 Å². The van der Waals surface area contributed by atoms with E-state index >= 15 is 0 Å². The van der Waals surface area contributed by atoms with Gasteiger partial charge < -0.3 is 9.84 Å². The fourth-order valence-corrected chi connectivity index (χ4v) is 1.89. The largest absolute Gasteiger partial charge is 0.385 e. The lowest BCUT2D eigenvalue weighted by atomic mass is 10.1. The van der Waals surface area contributed by atoms with Gasteiger partial charge in [-0.05, 0) is 6.42 Å². The van der Waals surface area contributed by atoms with E-state index < -0.39 is 35.9 Å². The number of aromatic amines is 1. The number of aromatic nitrogens is 2. The van der Waals surface area contributed by atoms with E-state index in [2.05, 4.69) is 0 Å². The van der Waals surface area contributed by atoms with Gasteiger partial charge in [-0.3, -0.25) is 14.3 Å². The molecule has 0 radical (unpaired) electrons. The average molecular weight is 244 g/mol. The van der Waals surface area contributed by atoms with Crippen molar-refractivity contribution in [3.63, 3.8) is 0 Å². The highest BCUT2D eigenvalue weighted by Crippen LogP contribution is 2.31. The minimum Gasteiger partial charge on any atom is -0.385 e. The van der Waals surface area contributed by atoms with E-state index in [-0.39, 0.29) is 0 Å². The second-order valence-corrected chi connectivity index (χ2v) is 3.93. The van der Waals surface area contributed by atoms with Crippen LogP contribution in [0.25, 0.3) is 0 Å². The van der Waals surface area contributed by atoms with E-state index in [4.69, 9.17) is 4.74 Å². The minimum atomic E-state index is -1.54. The minimum absolute atomic E-state index is 0.396. The van der Waals surface area contributed by atoms with Gasteiger partial charge >= 0.3 is 5.69 Å². The first-order chi connectivity index (χ1) is 8.04. The number of nitrogens with one attached hydrogen (secondary N) is 1. The van der Waals surface area contributed by atoms with Crippen LogP contribution in [0.3, 0.4) is 0 Å². The third-order valence-corrected chi connectivity index (χ3v) is 2.82. The van der Waals surface area contributed by atoms with Gasteiger partial charge in [0.25, 0.3) is 5.56 Å². The highest BCUT2D eigenvalue weighted by atomic mass is 19.1. The number of hydrogen-bond acceptors (Lipinski definition) is 4. The SMILES string of the molecule is CC[C@H]1O[C@@H](n2ccc(=O)[nH]c2=O)C(O)[C@H]1F. The quantitative estimate of drug-likeness (QED) is 0.737. The van der Waals surface area contributed by atoms with E-state index in [0.717, 1.165) is 10.6 Å². The molecule has 94 valence electrons. The normalized spacial score (nSPS) is 32.9. The zero-order valence-corrected chi connectivity index (χ0v) is 9.17. The Morgan fingerprint density at radius 2 is 2.29 bits per heavy atom. The number of halogens is 1. The molecule has 1 aromatic rings. The van der Waals surface area contributed by atoms with Gasteiger partial charge in [-0.1, -0.05) is 6.92 Å². The fraction of sp³-hybridized carbons (Fsp3) is 0.600. The average Bonchev–Trinajstić information content (AvgIpc) is 2.57. The van der Waals surface area contributed by atoms with Crippen LogP contribution in [-0.2, 0) is 4.74 Å². The number of H-pyrrole nitrogens is 1. The van der Waals surface area contributed by atoms with Gasteiger partial charge in [-0.15, -0.1) is 0 Å². The molecule has 1 unspecified atom stereocenters. The van der Waals surface area contributed by atoms with Crippen LogP contribution in [-0.4, -0.2) is 33.0 Å². The molecule has 0 amide bonds. The van der Waals surface area contributed by atoms with Crippen LogP contribution in [0.2, 0.25) is 0 Å². The van der Waals surface area contributed by atoms with Crippen molar-refractivity contribution in [3.8, 4) is 0 Å². The van der Waals surface area contributed by atoms with Gasteiger partial charge in [0.1, 0.15) is 6.10 Å². The Hall–Kier alpha value is -1.47. The highest BCUT2D eigenvalue weighted by Gasteiger charge is 2.44. The van der Waals surface area contributed by atoms with Crippen molar-refractivity contribution < 1.29 is 14.2 Å². The van der Waals surface area contributed by atoms with Gasteiger partial charge in [-0.25, -0.2) is 9.18 Å². The number of rotatable bonds is 2. The topological polar surface area (TPSA) is 84.3 Å². The smallest absolute Gasteiger partial charge is 0.330 e. The molecule has 2 heterocycles. The predicted molar refractivity (Wildman–Crippen MR) is 56.4 cm³/mol. The van der Waals surface area contributed by atoms with E-state index in [1.807, 2.05) is 4.98 Å². The van der Waals surface area contributed by atoms with Crippen LogP contribution in [0.1, 0.15) is 19.6 Å². The van der Waals surface area contributed by atoms with E-state index in [1.165, 1.54) is 6.20 Å². The summed E-state index contributed by atoms with van der Waals surface area (Å²) < 4.78 is 19.8. The van der Waals surface area contributed by atoms with Crippen molar-refractivity contribution in [3.05, 3.63) is 33.1 Å². The zero-order chi connectivity index (χ0) is 12.6. The monoisotopic (exact) mass is 244 g/mol. The lowest BCUT2D eigenvalue weighted by Crippen LogP contribution is -2.36. The number of aliphatic hydroxyl groups is 1. The molecule has 0 aromatic carbocycles. The standard InChI is InChI=1S/C10H13FN2O4/c1-2-5-7(11)8(15)9(17-5)13-4-3-6(14)12-10(13)16/h3-5,7-9,15H,2H2,1H3,(H,12,14,16)/t5-,7+,8?,9-/m1/s1. The third-order valence-electron chi connectivity index (χ3n) is 2.82. The van der Waals surface area contributed by atoms with Crippen molar-refractivity contribution in [1.29, 1.82) is 0 Å². The van der Waals surface area contributed by atoms with Gasteiger partial charge in [0.2, 0.25) is 0 Å². The molecule has 1 saturated heterocycles. The molecule has 1 aliphatic rings. The zero-order valence-electron chi connectivity index (χ0n) is 9.17. The molecule has 6 nitrogen and oxygen atoms in total. The molecule has 1 aromatic heterocycles. The Morgan fingerprint density at radius 3 is 2.82 bits per heavy atom. The molecule has 2 N–H and O–H groups in total. The lowest BCUT2D eigenvalue weighted by molar-refractivity contribution is -0.0404. The number of nitrogens with zero attached hydrogens (tertiary/aromatic N) is 1. The molecule has 2 rings (SSSR count). The molecule has 0 bridgehead atoms. The summed E-state index contributed by atoms with van der Waals surface area (Å²) in [4.78, 5) is 24.4. The molecule has 0 saturated carbocycles. The van der Waals surface area contributed by atoms with Gasteiger partial charge in [0, 0.05) is 12.3 Å². The maximum atomic E-state index is 13.6. The van der Waals surface area contributed by atoms with Crippen LogP contribution in [0.4, 0.5) is 4.39 Å². The Bertz CT molecular complexity index is 512. The molecule has 7 heteroatoms.